The third-order valence-corrected chi connectivity index (χ3v) is 4.60. The molecular formula is C15H20Cl3F3N2. The highest BCUT2D eigenvalue weighted by Crippen LogP contribution is 2.47. The van der Waals surface area contributed by atoms with Gasteiger partial charge in [0.2, 0.25) is 0 Å². The molecule has 1 heterocycles. The lowest BCUT2D eigenvalue weighted by molar-refractivity contribution is -0.137. The molecule has 2 nitrogen and oxygen atoms in total. The van der Waals surface area contributed by atoms with E-state index in [-0.39, 0.29) is 30.9 Å². The van der Waals surface area contributed by atoms with E-state index in [1.807, 2.05) is 0 Å². The van der Waals surface area contributed by atoms with E-state index in [2.05, 4.69) is 10.2 Å². The summed E-state index contributed by atoms with van der Waals surface area (Å²) >= 11 is 6.22. The van der Waals surface area contributed by atoms with Crippen molar-refractivity contribution >= 4 is 36.4 Å². The molecule has 8 heteroatoms. The summed E-state index contributed by atoms with van der Waals surface area (Å²) in [5.74, 6) is 0.434. The SMILES string of the molecule is Cl.Cl.FC(F)(F)c1ccc(Cl)c([C@@H](C2CC2)N2CCNCC2)c1. The summed E-state index contributed by atoms with van der Waals surface area (Å²) in [7, 11) is 0. The van der Waals surface area contributed by atoms with E-state index < -0.39 is 11.7 Å². The Labute approximate surface area is 151 Å². The van der Waals surface area contributed by atoms with Gasteiger partial charge < -0.3 is 5.32 Å². The number of piperazine rings is 1. The smallest absolute Gasteiger partial charge is 0.314 e. The predicted molar refractivity (Wildman–Crippen MR) is 90.9 cm³/mol. The molecule has 0 amide bonds. The molecule has 0 spiro atoms. The van der Waals surface area contributed by atoms with E-state index >= 15 is 0 Å². The maximum atomic E-state index is 13.0. The Kier molecular flexibility index (Phi) is 7.48. The first-order valence-electron chi connectivity index (χ1n) is 7.28. The fraction of sp³-hybridized carbons (Fsp3) is 0.600. The summed E-state index contributed by atoms with van der Waals surface area (Å²) < 4.78 is 38.9. The van der Waals surface area contributed by atoms with Crippen LogP contribution in [0.2, 0.25) is 5.02 Å². The van der Waals surface area contributed by atoms with Crippen LogP contribution < -0.4 is 5.32 Å². The van der Waals surface area contributed by atoms with E-state index in [9.17, 15) is 13.2 Å². The molecule has 1 saturated carbocycles. The topological polar surface area (TPSA) is 15.3 Å². The quantitative estimate of drug-likeness (QED) is 0.812. The number of hydrogen-bond donors (Lipinski definition) is 1. The number of halogens is 6. The number of benzene rings is 1. The van der Waals surface area contributed by atoms with Crippen molar-refractivity contribution in [1.82, 2.24) is 10.2 Å². The van der Waals surface area contributed by atoms with Crippen LogP contribution in [-0.4, -0.2) is 31.1 Å². The summed E-state index contributed by atoms with van der Waals surface area (Å²) in [6.45, 7) is 3.46. The monoisotopic (exact) mass is 390 g/mol. The molecule has 1 aromatic rings. The number of rotatable bonds is 3. The number of nitrogens with one attached hydrogen (secondary N) is 1. The van der Waals surface area contributed by atoms with Gasteiger partial charge in [0.05, 0.1) is 5.56 Å². The molecule has 0 aromatic heterocycles. The van der Waals surface area contributed by atoms with Crippen molar-refractivity contribution in [2.45, 2.75) is 25.1 Å². The van der Waals surface area contributed by atoms with Gasteiger partial charge in [0.15, 0.2) is 0 Å². The van der Waals surface area contributed by atoms with Gasteiger partial charge in [0, 0.05) is 37.2 Å². The van der Waals surface area contributed by atoms with Gasteiger partial charge in [-0.15, -0.1) is 24.8 Å². The van der Waals surface area contributed by atoms with Crippen molar-refractivity contribution in [3.8, 4) is 0 Å². The molecule has 0 radical (unpaired) electrons. The van der Waals surface area contributed by atoms with Crippen LogP contribution in [0.3, 0.4) is 0 Å². The summed E-state index contributed by atoms with van der Waals surface area (Å²) in [5.41, 5.74) is 0.0265. The minimum Gasteiger partial charge on any atom is -0.314 e. The molecule has 1 aliphatic carbocycles. The highest BCUT2D eigenvalue weighted by molar-refractivity contribution is 6.31. The van der Waals surface area contributed by atoms with E-state index in [4.69, 9.17) is 11.6 Å². The Morgan fingerprint density at radius 3 is 2.26 bits per heavy atom. The number of alkyl halides is 3. The third kappa shape index (κ3) is 4.89. The number of nitrogens with zero attached hydrogens (tertiary/aromatic N) is 1. The van der Waals surface area contributed by atoms with Crippen LogP contribution in [0.4, 0.5) is 13.2 Å². The molecule has 1 saturated heterocycles. The van der Waals surface area contributed by atoms with Gasteiger partial charge in [-0.05, 0) is 42.5 Å². The normalized spacial score (nSPS) is 20.3. The molecule has 1 atom stereocenters. The zero-order chi connectivity index (χ0) is 15.0. The van der Waals surface area contributed by atoms with Gasteiger partial charge >= 0.3 is 6.18 Å². The van der Waals surface area contributed by atoms with Gasteiger partial charge in [-0.25, -0.2) is 0 Å². The van der Waals surface area contributed by atoms with E-state index in [1.165, 1.54) is 12.1 Å². The van der Waals surface area contributed by atoms with Gasteiger partial charge in [-0.3, -0.25) is 4.90 Å². The Morgan fingerprint density at radius 1 is 1.13 bits per heavy atom. The minimum absolute atomic E-state index is 0. The summed E-state index contributed by atoms with van der Waals surface area (Å²) in [5, 5.41) is 3.72. The largest absolute Gasteiger partial charge is 0.416 e. The zero-order valence-electron chi connectivity index (χ0n) is 12.4. The fourth-order valence-corrected chi connectivity index (χ4v) is 3.30. The van der Waals surface area contributed by atoms with Gasteiger partial charge in [-0.1, -0.05) is 11.6 Å². The third-order valence-electron chi connectivity index (χ3n) is 4.26. The zero-order valence-corrected chi connectivity index (χ0v) is 14.8. The Bertz CT molecular complexity index is 515. The molecule has 23 heavy (non-hydrogen) atoms. The van der Waals surface area contributed by atoms with Crippen LogP contribution in [0.1, 0.15) is 30.0 Å². The van der Waals surface area contributed by atoms with Crippen LogP contribution in [0.5, 0.6) is 0 Å². The van der Waals surface area contributed by atoms with Crippen LogP contribution >= 0.6 is 36.4 Å². The second-order valence-electron chi connectivity index (χ2n) is 5.80. The lowest BCUT2D eigenvalue weighted by Crippen LogP contribution is -2.45. The minimum atomic E-state index is -4.32. The lowest BCUT2D eigenvalue weighted by Gasteiger charge is -2.36. The summed E-state index contributed by atoms with van der Waals surface area (Å²) in [6.07, 6.45) is -2.18. The molecule has 0 unspecified atom stereocenters. The molecule has 1 aromatic carbocycles. The maximum Gasteiger partial charge on any atom is 0.416 e. The first kappa shape index (κ1) is 20.8. The molecule has 3 rings (SSSR count). The molecule has 2 fully saturated rings. The Hall–Kier alpha value is -0.200. The van der Waals surface area contributed by atoms with E-state index in [0.717, 1.165) is 45.1 Å². The highest BCUT2D eigenvalue weighted by Gasteiger charge is 2.39. The van der Waals surface area contributed by atoms with Gasteiger partial charge in [-0.2, -0.15) is 13.2 Å². The van der Waals surface area contributed by atoms with Crippen molar-refractivity contribution < 1.29 is 13.2 Å². The van der Waals surface area contributed by atoms with Crippen molar-refractivity contribution in [2.75, 3.05) is 26.2 Å². The maximum absolute atomic E-state index is 13.0. The molecule has 2 aliphatic rings. The second kappa shape index (κ2) is 8.26. The summed E-state index contributed by atoms with van der Waals surface area (Å²) in [6, 6.07) is 3.71. The van der Waals surface area contributed by atoms with Crippen molar-refractivity contribution in [3.05, 3.63) is 34.3 Å². The average molecular weight is 392 g/mol. The van der Waals surface area contributed by atoms with E-state index in [0.29, 0.717) is 16.5 Å². The Morgan fingerprint density at radius 2 is 1.74 bits per heavy atom. The van der Waals surface area contributed by atoms with Gasteiger partial charge in [0.25, 0.3) is 0 Å². The Balaban J connectivity index is 0.00000132. The molecule has 0 bridgehead atoms. The van der Waals surface area contributed by atoms with Crippen LogP contribution in [0.25, 0.3) is 0 Å². The van der Waals surface area contributed by atoms with Gasteiger partial charge in [0.1, 0.15) is 0 Å². The predicted octanol–water partition coefficient (Wildman–Crippen LogP) is 4.56. The standard InChI is InChI=1S/C15H18ClF3N2.2ClH/c16-13-4-3-11(15(17,18)19)9-12(13)14(10-1-2-10)21-7-5-20-6-8-21;;/h3-4,9-10,14,20H,1-2,5-8H2;2*1H/t14-;;/m1../s1. The van der Waals surface area contributed by atoms with Crippen molar-refractivity contribution in [2.24, 2.45) is 5.92 Å². The average Bonchev–Trinajstić information content (AvgIpc) is 3.26. The molecular weight excluding hydrogens is 372 g/mol. The molecule has 1 aliphatic heterocycles. The first-order chi connectivity index (χ1) is 9.97. The van der Waals surface area contributed by atoms with Crippen molar-refractivity contribution in [3.63, 3.8) is 0 Å². The van der Waals surface area contributed by atoms with E-state index in [1.54, 1.807) is 0 Å². The lowest BCUT2D eigenvalue weighted by atomic mass is 9.97. The summed E-state index contributed by atoms with van der Waals surface area (Å²) in [4.78, 5) is 2.27. The fourth-order valence-electron chi connectivity index (χ4n) is 3.07. The molecule has 132 valence electrons. The second-order valence-corrected chi connectivity index (χ2v) is 6.21. The van der Waals surface area contributed by atoms with Crippen LogP contribution in [0, 0.1) is 5.92 Å². The number of hydrogen-bond acceptors (Lipinski definition) is 2. The first-order valence-corrected chi connectivity index (χ1v) is 7.66. The van der Waals surface area contributed by atoms with Crippen LogP contribution in [0.15, 0.2) is 18.2 Å². The molecule has 1 N–H and O–H groups in total. The highest BCUT2D eigenvalue weighted by atomic mass is 35.5. The van der Waals surface area contributed by atoms with Crippen molar-refractivity contribution in [1.29, 1.82) is 0 Å². The van der Waals surface area contributed by atoms with Crippen LogP contribution in [-0.2, 0) is 6.18 Å².